The van der Waals surface area contributed by atoms with Gasteiger partial charge in [0, 0.05) is 18.5 Å². The summed E-state index contributed by atoms with van der Waals surface area (Å²) >= 11 is 0. The van der Waals surface area contributed by atoms with Gasteiger partial charge in [-0.25, -0.2) is 9.97 Å². The van der Waals surface area contributed by atoms with Crippen molar-refractivity contribution in [2.24, 2.45) is 0 Å². The average Bonchev–Trinajstić information content (AvgIpc) is 3.08. The van der Waals surface area contributed by atoms with Crippen LogP contribution in [0.15, 0.2) is 30.3 Å². The molecule has 0 spiro atoms. The van der Waals surface area contributed by atoms with E-state index in [4.69, 9.17) is 15.5 Å². The molecule has 0 aliphatic carbocycles. The highest BCUT2D eigenvalue weighted by atomic mass is 16.5. The minimum absolute atomic E-state index is 0.386. The fourth-order valence-electron chi connectivity index (χ4n) is 4.33. The molecule has 2 N–H and O–H groups in total. The maximum Gasteiger partial charge on any atom is 0.151 e. The Labute approximate surface area is 203 Å². The molecular weight excluding hydrogens is 422 g/mol. The monoisotopic (exact) mass is 459 g/mol. The molecule has 0 bridgehead atoms. The Morgan fingerprint density at radius 2 is 1.91 bits per heavy atom. The van der Waals surface area contributed by atoms with Crippen molar-refractivity contribution in [3.8, 4) is 11.8 Å². The lowest BCUT2D eigenvalue weighted by atomic mass is 10.1. The fraction of sp³-hybridized carbons (Fsp3) is 0.500. The summed E-state index contributed by atoms with van der Waals surface area (Å²) in [5, 5.41) is 0. The molecule has 1 aliphatic heterocycles. The molecule has 6 nitrogen and oxygen atoms in total. The van der Waals surface area contributed by atoms with Crippen LogP contribution in [0.4, 0.5) is 5.82 Å². The van der Waals surface area contributed by atoms with E-state index in [2.05, 4.69) is 52.3 Å². The Morgan fingerprint density at radius 1 is 1.09 bits per heavy atom. The quantitative estimate of drug-likeness (QED) is 0.320. The lowest BCUT2D eigenvalue weighted by Crippen LogP contribution is -2.37. The summed E-state index contributed by atoms with van der Waals surface area (Å²) in [6, 6.07) is 10.2. The minimum Gasteiger partial charge on any atom is -0.382 e. The summed E-state index contributed by atoms with van der Waals surface area (Å²) in [6.45, 7) is 8.89. The summed E-state index contributed by atoms with van der Waals surface area (Å²) in [7, 11) is 0. The van der Waals surface area contributed by atoms with Crippen LogP contribution in [0.5, 0.6) is 0 Å². The largest absolute Gasteiger partial charge is 0.382 e. The van der Waals surface area contributed by atoms with Gasteiger partial charge in [-0.15, -0.1) is 0 Å². The van der Waals surface area contributed by atoms with Gasteiger partial charge in [0.1, 0.15) is 23.6 Å². The van der Waals surface area contributed by atoms with Crippen LogP contribution < -0.4 is 5.73 Å². The van der Waals surface area contributed by atoms with Crippen molar-refractivity contribution in [1.29, 1.82) is 0 Å². The molecule has 0 radical (unpaired) electrons. The maximum atomic E-state index is 6.46. The number of ether oxygens (including phenoxy) is 1. The molecular formula is C28H37N5O. The van der Waals surface area contributed by atoms with E-state index in [0.29, 0.717) is 19.2 Å². The van der Waals surface area contributed by atoms with E-state index in [1.165, 1.54) is 32.5 Å². The zero-order chi connectivity index (χ0) is 23.8. The van der Waals surface area contributed by atoms with Crippen molar-refractivity contribution in [3.63, 3.8) is 0 Å². The molecule has 6 heteroatoms. The Hall–Kier alpha value is -2.88. The van der Waals surface area contributed by atoms with Gasteiger partial charge in [0.05, 0.1) is 12.2 Å². The summed E-state index contributed by atoms with van der Waals surface area (Å²) < 4.78 is 8.13. The van der Waals surface area contributed by atoms with E-state index in [1.54, 1.807) is 0 Å². The highest BCUT2D eigenvalue weighted by molar-refractivity contribution is 5.91. The smallest absolute Gasteiger partial charge is 0.151 e. The van der Waals surface area contributed by atoms with Gasteiger partial charge in [-0.2, -0.15) is 0 Å². The van der Waals surface area contributed by atoms with E-state index in [0.717, 1.165) is 65.8 Å². The molecule has 180 valence electrons. The number of aryl methyl sites for hydroxylation is 1. The minimum atomic E-state index is 0.386. The molecule has 0 atom stereocenters. The molecule has 0 unspecified atom stereocenters. The van der Waals surface area contributed by atoms with Crippen LogP contribution in [0.3, 0.4) is 0 Å². The van der Waals surface area contributed by atoms with Crippen molar-refractivity contribution in [2.45, 2.75) is 72.1 Å². The second-order valence-electron chi connectivity index (χ2n) is 9.13. The fourth-order valence-corrected chi connectivity index (χ4v) is 4.33. The van der Waals surface area contributed by atoms with Crippen LogP contribution in [0.1, 0.15) is 68.1 Å². The van der Waals surface area contributed by atoms with Crippen LogP contribution in [0.25, 0.3) is 11.0 Å². The number of nitrogens with zero attached hydrogens (tertiary/aromatic N) is 4. The highest BCUT2D eigenvalue weighted by Crippen LogP contribution is 2.28. The van der Waals surface area contributed by atoms with Gasteiger partial charge < -0.3 is 19.9 Å². The number of likely N-dealkylation sites (tertiary alicyclic amines) is 1. The topological polar surface area (TPSA) is 69.2 Å². The second kappa shape index (κ2) is 12.0. The number of benzene rings is 1. The first-order valence-corrected chi connectivity index (χ1v) is 12.7. The summed E-state index contributed by atoms with van der Waals surface area (Å²) in [5.74, 6) is 8.13. The van der Waals surface area contributed by atoms with Gasteiger partial charge in [0.15, 0.2) is 5.82 Å². The third-order valence-electron chi connectivity index (χ3n) is 6.50. The van der Waals surface area contributed by atoms with E-state index in [9.17, 15) is 0 Å². The number of aromatic nitrogens is 3. The van der Waals surface area contributed by atoms with Crippen molar-refractivity contribution in [1.82, 2.24) is 19.4 Å². The number of rotatable bonds is 11. The van der Waals surface area contributed by atoms with Crippen LogP contribution in [-0.2, 0) is 24.5 Å². The Balaban J connectivity index is 1.54. The number of hydrogen-bond donors (Lipinski definition) is 1. The zero-order valence-electron chi connectivity index (χ0n) is 20.6. The highest BCUT2D eigenvalue weighted by Gasteiger charge is 2.19. The second-order valence-corrected chi connectivity index (χ2v) is 9.13. The first-order valence-electron chi connectivity index (χ1n) is 12.7. The number of nitrogens with two attached hydrogens (primary N) is 1. The van der Waals surface area contributed by atoms with Crippen LogP contribution in [0, 0.1) is 18.8 Å². The number of anilines is 1. The Bertz CT molecular complexity index is 1140. The molecule has 1 aliphatic rings. The summed E-state index contributed by atoms with van der Waals surface area (Å²) in [6.07, 6.45) is 7.55. The summed E-state index contributed by atoms with van der Waals surface area (Å²) in [4.78, 5) is 12.0. The number of fused-ring (bicyclic) bond motifs is 1. The molecule has 1 aromatic carbocycles. The third-order valence-corrected chi connectivity index (χ3v) is 6.50. The van der Waals surface area contributed by atoms with Crippen molar-refractivity contribution in [3.05, 3.63) is 53.0 Å². The molecule has 0 amide bonds. The van der Waals surface area contributed by atoms with E-state index < -0.39 is 0 Å². The lowest BCUT2D eigenvalue weighted by Gasteiger charge is -2.30. The molecule has 1 fully saturated rings. The maximum absolute atomic E-state index is 6.46. The normalized spacial score (nSPS) is 13.6. The van der Waals surface area contributed by atoms with E-state index in [-0.39, 0.29) is 0 Å². The SMILES string of the molecule is CCCCc1nc(N)c2c(n1)c(C#CCCCCN1CCC1)c(C)n2COCc1ccccc1. The molecule has 1 saturated heterocycles. The molecule has 4 rings (SSSR count). The summed E-state index contributed by atoms with van der Waals surface area (Å²) in [5.41, 5.74) is 11.3. The van der Waals surface area contributed by atoms with Gasteiger partial charge in [0.2, 0.25) is 0 Å². The van der Waals surface area contributed by atoms with Crippen molar-refractivity contribution >= 4 is 16.9 Å². The number of hydrogen-bond acceptors (Lipinski definition) is 5. The van der Waals surface area contributed by atoms with E-state index in [1.807, 2.05) is 18.2 Å². The molecule has 34 heavy (non-hydrogen) atoms. The first kappa shape index (κ1) is 24.3. The van der Waals surface area contributed by atoms with Crippen molar-refractivity contribution in [2.75, 3.05) is 25.4 Å². The molecule has 2 aromatic heterocycles. The predicted molar refractivity (Wildman–Crippen MR) is 138 cm³/mol. The number of unbranched alkanes of at least 4 members (excludes halogenated alkanes) is 3. The first-order chi connectivity index (χ1) is 16.7. The van der Waals surface area contributed by atoms with Gasteiger partial charge >= 0.3 is 0 Å². The van der Waals surface area contributed by atoms with Crippen molar-refractivity contribution < 1.29 is 4.74 Å². The van der Waals surface area contributed by atoms with E-state index >= 15 is 0 Å². The zero-order valence-corrected chi connectivity index (χ0v) is 20.6. The predicted octanol–water partition coefficient (Wildman–Crippen LogP) is 5.07. The molecule has 3 heterocycles. The van der Waals surface area contributed by atoms with Gasteiger partial charge in [0.25, 0.3) is 0 Å². The Morgan fingerprint density at radius 3 is 2.65 bits per heavy atom. The van der Waals surface area contributed by atoms with Crippen LogP contribution >= 0.6 is 0 Å². The van der Waals surface area contributed by atoms with Gasteiger partial charge in [-0.3, -0.25) is 0 Å². The Kier molecular flexibility index (Phi) is 8.56. The van der Waals surface area contributed by atoms with Gasteiger partial charge in [-0.1, -0.05) is 55.5 Å². The third kappa shape index (κ3) is 5.97. The van der Waals surface area contributed by atoms with Crippen LogP contribution in [-0.4, -0.2) is 39.1 Å². The molecule has 3 aromatic rings. The number of nitrogen functional groups attached to an aromatic ring is 1. The molecule has 0 saturated carbocycles. The van der Waals surface area contributed by atoms with Crippen LogP contribution in [0.2, 0.25) is 0 Å². The average molecular weight is 460 g/mol. The standard InChI is InChI=1S/C28H37N5O/c1-3-4-16-25-30-26-24(15-10-5-6-11-17-32-18-12-19-32)22(2)33(27(26)28(29)31-25)21-34-20-23-13-8-7-9-14-23/h7-9,13-14H,3-6,11-12,16-21H2,1-2H3,(H2,29,30,31). The van der Waals surface area contributed by atoms with Gasteiger partial charge in [-0.05, 0) is 57.8 Å². The lowest BCUT2D eigenvalue weighted by molar-refractivity contribution is 0.0657.